The van der Waals surface area contributed by atoms with E-state index < -0.39 is 5.82 Å². The smallest absolute Gasteiger partial charge is 0.163 e. The first kappa shape index (κ1) is 12.3. The van der Waals surface area contributed by atoms with Crippen molar-refractivity contribution in [1.29, 1.82) is 0 Å². The van der Waals surface area contributed by atoms with Gasteiger partial charge in [0.05, 0.1) is 17.7 Å². The van der Waals surface area contributed by atoms with E-state index in [0.717, 1.165) is 0 Å². The summed E-state index contributed by atoms with van der Waals surface area (Å²) in [7, 11) is 1.44. The molecule has 1 aliphatic heterocycles. The van der Waals surface area contributed by atoms with Gasteiger partial charge in [0.25, 0.3) is 0 Å². The molecule has 1 N–H and O–H groups in total. The predicted molar refractivity (Wildman–Crippen MR) is 63.6 cm³/mol. The largest absolute Gasteiger partial charge is 0.496 e. The van der Waals surface area contributed by atoms with Crippen LogP contribution in [0, 0.1) is 5.82 Å². The molecule has 5 heteroatoms. The molecule has 1 saturated heterocycles. The average Bonchev–Trinajstić information content (AvgIpc) is 2.21. The second-order valence-corrected chi connectivity index (χ2v) is 4.49. The quantitative estimate of drug-likeness (QED) is 0.845. The molecule has 0 aromatic heterocycles. The summed E-state index contributed by atoms with van der Waals surface area (Å²) in [6.45, 7) is 2.75. The molecule has 1 aliphatic rings. The summed E-state index contributed by atoms with van der Waals surface area (Å²) in [4.78, 5) is 11.5. The van der Waals surface area contributed by atoms with Gasteiger partial charge in [0.15, 0.2) is 5.78 Å². The first-order chi connectivity index (χ1) is 8.06. The van der Waals surface area contributed by atoms with Crippen LogP contribution < -0.4 is 10.1 Å². The van der Waals surface area contributed by atoms with E-state index in [9.17, 15) is 9.18 Å². The Bertz CT molecular complexity index is 472. The van der Waals surface area contributed by atoms with Gasteiger partial charge in [-0.25, -0.2) is 4.39 Å². The Kier molecular flexibility index (Phi) is 3.35. The van der Waals surface area contributed by atoms with Crippen LogP contribution in [0.15, 0.2) is 6.07 Å². The van der Waals surface area contributed by atoms with Gasteiger partial charge in [-0.3, -0.25) is 4.79 Å². The van der Waals surface area contributed by atoms with Crippen molar-refractivity contribution in [2.75, 3.05) is 20.2 Å². The Balaban J connectivity index is 2.64. The van der Waals surface area contributed by atoms with Gasteiger partial charge in [0, 0.05) is 24.6 Å². The van der Waals surface area contributed by atoms with Crippen LogP contribution in [0.2, 0.25) is 5.02 Å². The van der Waals surface area contributed by atoms with Crippen molar-refractivity contribution in [2.45, 2.75) is 12.8 Å². The van der Waals surface area contributed by atoms with Crippen LogP contribution >= 0.6 is 11.6 Å². The highest BCUT2D eigenvalue weighted by Crippen LogP contribution is 2.38. The first-order valence-corrected chi connectivity index (χ1v) is 5.71. The highest BCUT2D eigenvalue weighted by Gasteiger charge is 2.30. The Labute approximate surface area is 104 Å². The molecule has 0 aliphatic carbocycles. The van der Waals surface area contributed by atoms with Gasteiger partial charge < -0.3 is 10.1 Å². The molecule has 1 aromatic carbocycles. The van der Waals surface area contributed by atoms with Gasteiger partial charge in [-0.15, -0.1) is 0 Å². The van der Waals surface area contributed by atoms with E-state index in [0.29, 0.717) is 30.0 Å². The minimum absolute atomic E-state index is 0.0155. The van der Waals surface area contributed by atoms with E-state index >= 15 is 0 Å². The fourth-order valence-electron chi connectivity index (χ4n) is 1.97. The first-order valence-electron chi connectivity index (χ1n) is 5.33. The summed E-state index contributed by atoms with van der Waals surface area (Å²) in [5, 5.41) is 3.03. The van der Waals surface area contributed by atoms with Crippen molar-refractivity contribution >= 4 is 17.4 Å². The summed E-state index contributed by atoms with van der Waals surface area (Å²) in [6, 6.07) is 1.33. The van der Waals surface area contributed by atoms with E-state index in [-0.39, 0.29) is 16.7 Å². The van der Waals surface area contributed by atoms with Crippen molar-refractivity contribution in [2.24, 2.45) is 0 Å². The molecule has 0 radical (unpaired) electrons. The van der Waals surface area contributed by atoms with Crippen molar-refractivity contribution in [3.05, 3.63) is 28.0 Å². The van der Waals surface area contributed by atoms with E-state index in [1.165, 1.54) is 20.1 Å². The molecular weight excluding hydrogens is 245 g/mol. The minimum atomic E-state index is -0.486. The van der Waals surface area contributed by atoms with Gasteiger partial charge in [-0.05, 0) is 13.0 Å². The third-order valence-corrected chi connectivity index (χ3v) is 3.25. The van der Waals surface area contributed by atoms with Gasteiger partial charge in [0.1, 0.15) is 11.6 Å². The lowest BCUT2D eigenvalue weighted by molar-refractivity contribution is 0.101. The molecular formula is C12H13ClFNO2. The summed E-state index contributed by atoms with van der Waals surface area (Å²) in [6.07, 6.45) is 0. The standard InChI is InChI=1S/C12H13ClFNO2/c1-6(16)8-3-9(13)11(14)10(12(8)17-2)7-4-15-5-7/h3,7,15H,4-5H2,1-2H3. The predicted octanol–water partition coefficient (Wildman–Crippen LogP) is 2.38. The molecule has 2 rings (SSSR count). The van der Waals surface area contributed by atoms with Crippen LogP contribution in [-0.4, -0.2) is 26.0 Å². The van der Waals surface area contributed by atoms with E-state index in [1.54, 1.807) is 0 Å². The second-order valence-electron chi connectivity index (χ2n) is 4.08. The molecule has 1 fully saturated rings. The van der Waals surface area contributed by atoms with Crippen molar-refractivity contribution in [3.63, 3.8) is 0 Å². The molecule has 1 aromatic rings. The van der Waals surface area contributed by atoms with Crippen LogP contribution in [0.25, 0.3) is 0 Å². The number of ketones is 1. The molecule has 17 heavy (non-hydrogen) atoms. The zero-order valence-electron chi connectivity index (χ0n) is 9.64. The third kappa shape index (κ3) is 2.03. The summed E-state index contributed by atoms with van der Waals surface area (Å²) in [5.41, 5.74) is 0.741. The molecule has 0 saturated carbocycles. The molecule has 3 nitrogen and oxygen atoms in total. The fraction of sp³-hybridized carbons (Fsp3) is 0.417. The number of benzene rings is 1. The van der Waals surface area contributed by atoms with Gasteiger partial charge in [0.2, 0.25) is 0 Å². The topological polar surface area (TPSA) is 38.3 Å². The number of rotatable bonds is 3. The number of ether oxygens (including phenoxy) is 1. The number of hydrogen-bond acceptors (Lipinski definition) is 3. The number of halogens is 2. The van der Waals surface area contributed by atoms with Gasteiger partial charge in [-0.2, -0.15) is 0 Å². The molecule has 0 unspecified atom stereocenters. The monoisotopic (exact) mass is 257 g/mol. The third-order valence-electron chi connectivity index (χ3n) is 2.98. The number of hydrogen-bond donors (Lipinski definition) is 1. The highest BCUT2D eigenvalue weighted by molar-refractivity contribution is 6.31. The summed E-state index contributed by atoms with van der Waals surface area (Å²) >= 11 is 5.81. The zero-order valence-corrected chi connectivity index (χ0v) is 10.4. The van der Waals surface area contributed by atoms with Crippen molar-refractivity contribution in [3.8, 4) is 5.75 Å². The maximum absolute atomic E-state index is 14.0. The van der Waals surface area contributed by atoms with Crippen LogP contribution in [0.3, 0.4) is 0 Å². The van der Waals surface area contributed by atoms with Crippen molar-refractivity contribution in [1.82, 2.24) is 5.32 Å². The second kappa shape index (κ2) is 4.63. The number of nitrogens with one attached hydrogen (secondary N) is 1. The Morgan fingerprint density at radius 2 is 2.24 bits per heavy atom. The average molecular weight is 258 g/mol. The SMILES string of the molecule is COc1c(C(C)=O)cc(Cl)c(F)c1C1CNC1. The van der Waals surface area contributed by atoms with Crippen molar-refractivity contribution < 1.29 is 13.9 Å². The van der Waals surface area contributed by atoms with Crippen LogP contribution in [0.5, 0.6) is 5.75 Å². The van der Waals surface area contributed by atoms with Crippen LogP contribution in [0.1, 0.15) is 28.8 Å². The fourth-order valence-corrected chi connectivity index (χ4v) is 2.18. The number of carbonyl (C=O) groups is 1. The Morgan fingerprint density at radius 3 is 2.65 bits per heavy atom. The minimum Gasteiger partial charge on any atom is -0.496 e. The Hall–Kier alpha value is -1.13. The van der Waals surface area contributed by atoms with Gasteiger partial charge in [-0.1, -0.05) is 11.6 Å². The molecule has 0 amide bonds. The van der Waals surface area contributed by atoms with E-state index in [1.807, 2.05) is 0 Å². The highest BCUT2D eigenvalue weighted by atomic mass is 35.5. The zero-order chi connectivity index (χ0) is 12.6. The summed E-state index contributed by atoms with van der Waals surface area (Å²) < 4.78 is 19.2. The number of carbonyl (C=O) groups excluding carboxylic acids is 1. The van der Waals surface area contributed by atoms with E-state index in [2.05, 4.69) is 5.32 Å². The maximum Gasteiger partial charge on any atom is 0.163 e. The maximum atomic E-state index is 14.0. The lowest BCUT2D eigenvalue weighted by Crippen LogP contribution is -2.40. The number of Topliss-reactive ketones (excluding diaryl/α,β-unsaturated/α-hetero) is 1. The molecule has 1 heterocycles. The van der Waals surface area contributed by atoms with Crippen LogP contribution in [0.4, 0.5) is 4.39 Å². The lowest BCUT2D eigenvalue weighted by atomic mass is 9.90. The normalized spacial score (nSPS) is 15.5. The molecule has 92 valence electrons. The van der Waals surface area contributed by atoms with E-state index in [4.69, 9.17) is 16.3 Å². The molecule has 0 atom stereocenters. The van der Waals surface area contributed by atoms with Gasteiger partial charge >= 0.3 is 0 Å². The lowest BCUT2D eigenvalue weighted by Gasteiger charge is -2.30. The van der Waals surface area contributed by atoms with Crippen LogP contribution in [-0.2, 0) is 0 Å². The number of methoxy groups -OCH3 is 1. The summed E-state index contributed by atoms with van der Waals surface area (Å²) in [5.74, 6) is -0.343. The molecule has 0 bridgehead atoms. The molecule has 0 spiro atoms. The Morgan fingerprint density at radius 1 is 1.59 bits per heavy atom.